The van der Waals surface area contributed by atoms with Crippen LogP contribution in [0, 0.1) is 11.6 Å². The number of aromatic nitrogens is 6. The predicted octanol–water partition coefficient (Wildman–Crippen LogP) is 0.831. The molecule has 10 atom stereocenters. The van der Waals surface area contributed by atoms with Crippen LogP contribution >= 0.6 is 26.5 Å². The van der Waals surface area contributed by atoms with Crippen molar-refractivity contribution >= 4 is 56.2 Å². The summed E-state index contributed by atoms with van der Waals surface area (Å²) < 4.78 is 108. The predicted molar refractivity (Wildman–Crippen MR) is 154 cm³/mol. The van der Waals surface area contributed by atoms with Gasteiger partial charge in [0.25, 0.3) is 26.2 Å². The maximum absolute atomic E-state index is 16.0. The molecule has 246 valence electrons. The standard InChI is InChI=1S/C22H22BF3N6O11P2S/c23-44(36)38-3-10-16(14(33)22(41-10)32-2-8(25)12-18(32)28-6-30-20(12)35)43-45(37,46)39-4-9-15(42-44)13(26)21(40-9)31-1-7(24)11-17(31)27-5-29-19(11)34/h1-2,5-6,9-10,13-16,21-22,33H,3-4,23H2,(H,37,46)(H,27,29,34)(H,28,30,35)/t9-,10-,13?,14?,15?,16?,21-,22-,44?,45?/m1/s1. The highest BCUT2D eigenvalue weighted by Crippen LogP contribution is 2.58. The lowest BCUT2D eigenvalue weighted by Gasteiger charge is -2.29. The number of hydrogen-bond acceptors (Lipinski definition) is 13. The number of thiol groups is 1. The molecule has 6 unspecified atom stereocenters. The van der Waals surface area contributed by atoms with E-state index in [1.165, 1.54) is 0 Å². The lowest BCUT2D eigenvalue weighted by Crippen LogP contribution is -2.38. The van der Waals surface area contributed by atoms with Gasteiger partial charge in [0.05, 0.1) is 25.9 Å². The van der Waals surface area contributed by atoms with Crippen LogP contribution in [0.3, 0.4) is 0 Å². The van der Waals surface area contributed by atoms with E-state index in [-0.39, 0.29) is 11.3 Å². The zero-order valence-corrected chi connectivity index (χ0v) is 25.8. The third-order valence-electron chi connectivity index (χ3n) is 7.71. The second kappa shape index (κ2) is 11.4. The number of aliphatic hydroxyl groups is 1. The number of rotatable bonds is 2. The monoisotopic (exact) mass is 708 g/mol. The Balaban J connectivity index is 1.18. The molecule has 0 aliphatic carbocycles. The summed E-state index contributed by atoms with van der Waals surface area (Å²) in [5.74, 6) is -1.98. The Kier molecular flexibility index (Phi) is 7.91. The van der Waals surface area contributed by atoms with Gasteiger partial charge in [0, 0.05) is 12.4 Å². The van der Waals surface area contributed by atoms with E-state index in [0.717, 1.165) is 41.7 Å². The molecule has 46 heavy (non-hydrogen) atoms. The average Bonchev–Trinajstić information content (AvgIpc) is 3.69. The molecule has 0 aromatic carbocycles. The number of aliphatic hydroxyl groups excluding tert-OH is 1. The van der Waals surface area contributed by atoms with Crippen LogP contribution in [0.25, 0.3) is 22.1 Å². The van der Waals surface area contributed by atoms with Gasteiger partial charge in [0.2, 0.25) is 0 Å². The van der Waals surface area contributed by atoms with Crippen LogP contribution < -0.4 is 11.1 Å². The fourth-order valence-corrected chi connectivity index (χ4v) is 8.35. The molecule has 7 rings (SSSR count). The van der Waals surface area contributed by atoms with Crippen molar-refractivity contribution < 1.29 is 55.0 Å². The molecule has 3 N–H and O–H groups in total. The molecular formula is C22H22BF3N6O11P2S. The van der Waals surface area contributed by atoms with Gasteiger partial charge < -0.3 is 38.2 Å². The van der Waals surface area contributed by atoms with Crippen molar-refractivity contribution in [2.75, 3.05) is 13.2 Å². The minimum absolute atomic E-state index is 0.193. The average molecular weight is 708 g/mol. The molecule has 0 bridgehead atoms. The smallest absolute Gasteiger partial charge is 0.386 e. The van der Waals surface area contributed by atoms with Crippen molar-refractivity contribution in [1.82, 2.24) is 29.1 Å². The lowest BCUT2D eigenvalue weighted by molar-refractivity contribution is -0.0556. The molecule has 0 amide bonds. The molecule has 7 heterocycles. The van der Waals surface area contributed by atoms with Crippen molar-refractivity contribution in [3.63, 3.8) is 0 Å². The summed E-state index contributed by atoms with van der Waals surface area (Å²) in [5, 5.41) is 10.3. The maximum atomic E-state index is 16.0. The highest BCUT2D eigenvalue weighted by Gasteiger charge is 2.53. The molecule has 0 saturated carbocycles. The Morgan fingerprint density at radius 1 is 0.891 bits per heavy atom. The van der Waals surface area contributed by atoms with E-state index in [2.05, 4.69) is 32.2 Å². The van der Waals surface area contributed by atoms with E-state index >= 15 is 4.39 Å². The van der Waals surface area contributed by atoms with Gasteiger partial charge in [0.1, 0.15) is 41.3 Å². The number of fused-ring (bicyclic) bond motifs is 4. The minimum Gasteiger partial charge on any atom is -0.386 e. The molecule has 4 aromatic rings. The highest BCUT2D eigenvalue weighted by molar-refractivity contribution is 8.44. The first-order chi connectivity index (χ1) is 21.7. The summed E-state index contributed by atoms with van der Waals surface area (Å²) in [6, 6.07) is 0. The Bertz CT molecular complexity index is 1920. The van der Waals surface area contributed by atoms with E-state index in [1.807, 2.05) is 0 Å². The van der Waals surface area contributed by atoms with Crippen molar-refractivity contribution in [3.8, 4) is 0 Å². The number of nitrogens with zero attached hydrogens (tertiary/aromatic N) is 4. The van der Waals surface area contributed by atoms with Gasteiger partial charge in [0.15, 0.2) is 41.6 Å². The summed E-state index contributed by atoms with van der Waals surface area (Å²) in [6.07, 6.45) is -9.51. The van der Waals surface area contributed by atoms with Crippen molar-refractivity contribution in [1.29, 1.82) is 0 Å². The fourth-order valence-electron chi connectivity index (χ4n) is 5.69. The first-order valence-corrected chi connectivity index (χ1v) is 18.1. The third-order valence-corrected chi connectivity index (χ3v) is 10.6. The van der Waals surface area contributed by atoms with Crippen molar-refractivity contribution in [2.45, 2.75) is 49.1 Å². The van der Waals surface area contributed by atoms with Gasteiger partial charge in [-0.1, -0.05) is 12.2 Å². The third kappa shape index (κ3) is 5.39. The molecule has 3 aliphatic rings. The Hall–Kier alpha value is -2.78. The molecule has 24 heteroatoms. The van der Waals surface area contributed by atoms with Crippen LogP contribution in [0.2, 0.25) is 0 Å². The fraction of sp³-hybridized carbons (Fsp3) is 0.455. The van der Waals surface area contributed by atoms with Gasteiger partial charge in [-0.15, -0.1) is 0 Å². The number of aromatic amines is 2. The molecule has 17 nitrogen and oxygen atoms in total. The second-order valence-corrected chi connectivity index (χ2v) is 15.6. The van der Waals surface area contributed by atoms with E-state index in [0.29, 0.717) is 0 Å². The van der Waals surface area contributed by atoms with Crippen LogP contribution in [-0.2, 0) is 36.7 Å². The highest BCUT2D eigenvalue weighted by atomic mass is 32.7. The van der Waals surface area contributed by atoms with Crippen LogP contribution in [0.4, 0.5) is 13.2 Å². The first kappa shape index (κ1) is 31.8. The summed E-state index contributed by atoms with van der Waals surface area (Å²) in [4.78, 5) is 36.6. The maximum Gasteiger partial charge on any atom is 0.386 e. The van der Waals surface area contributed by atoms with Crippen molar-refractivity contribution in [3.05, 3.63) is 57.4 Å². The summed E-state index contributed by atoms with van der Waals surface area (Å²) in [7, 11) is -3.18. The van der Waals surface area contributed by atoms with Crippen LogP contribution in [-0.4, -0.2) is 91.6 Å². The number of H-pyrrole nitrogens is 2. The van der Waals surface area contributed by atoms with Gasteiger partial charge in [-0.25, -0.2) is 27.7 Å². The summed E-state index contributed by atoms with van der Waals surface area (Å²) in [5.41, 5.74) is -2.06. The second-order valence-electron chi connectivity index (χ2n) is 10.7. The van der Waals surface area contributed by atoms with Crippen LogP contribution in [0.5, 0.6) is 0 Å². The lowest BCUT2D eigenvalue weighted by atomic mass is 10.1. The van der Waals surface area contributed by atoms with Gasteiger partial charge in [-0.2, -0.15) is 0 Å². The summed E-state index contributed by atoms with van der Waals surface area (Å²) in [6.45, 7) is -5.85. The molecule has 4 aromatic heterocycles. The van der Waals surface area contributed by atoms with Gasteiger partial charge >= 0.3 is 6.80 Å². The van der Waals surface area contributed by atoms with Crippen LogP contribution in [0.15, 0.2) is 34.6 Å². The molecule has 3 fully saturated rings. The zero-order valence-electron chi connectivity index (χ0n) is 23.1. The van der Waals surface area contributed by atoms with Gasteiger partial charge in [-0.05, 0) is 0 Å². The van der Waals surface area contributed by atoms with Crippen LogP contribution in [0.1, 0.15) is 12.5 Å². The van der Waals surface area contributed by atoms with E-state index < -0.39 is 110 Å². The Morgan fingerprint density at radius 3 is 2.02 bits per heavy atom. The first-order valence-electron chi connectivity index (χ1n) is 13.4. The normalized spacial score (nSPS) is 37.2. The Morgan fingerprint density at radius 2 is 1.41 bits per heavy atom. The number of alkyl halides is 1. The number of ether oxygens (including phenoxy) is 2. The topological polar surface area (TPSA) is 211 Å². The molecule has 3 aliphatic heterocycles. The van der Waals surface area contributed by atoms with E-state index in [4.69, 9.17) is 27.6 Å². The zero-order chi connectivity index (χ0) is 32.7. The van der Waals surface area contributed by atoms with Gasteiger partial charge in [-0.3, -0.25) is 27.8 Å². The quantitative estimate of drug-likeness (QED) is 0.129. The largest absolute Gasteiger partial charge is 0.386 e. The summed E-state index contributed by atoms with van der Waals surface area (Å²) >= 11 is 3.97. The molecule has 0 spiro atoms. The number of nitrogens with one attached hydrogen (secondary N) is 2. The molecular weight excluding hydrogens is 686 g/mol. The molecule has 3 saturated heterocycles. The van der Waals surface area contributed by atoms with Crippen molar-refractivity contribution in [2.24, 2.45) is 0 Å². The number of hydrogen-bond donors (Lipinski definition) is 4. The number of halogens is 3. The SMILES string of the molecule is BP1(=O)OC[C@H]2O[C@@H](n3cc(F)c4c(=O)[nH]cnc43)C(O)C2OP(=O)(S)OC[C@H]2O[C@@H](n3cc(F)c4c(=O)[nH]cnc43)C(F)C2O1. The van der Waals surface area contributed by atoms with E-state index in [9.17, 15) is 32.6 Å². The molecule has 0 radical (unpaired) electrons. The minimum atomic E-state index is -4.46. The van der Waals surface area contributed by atoms with E-state index in [1.54, 1.807) is 0 Å². The Labute approximate surface area is 259 Å².